The number of nitrogens with one attached hydrogen (secondary N) is 1. The zero-order chi connectivity index (χ0) is 10.6. The lowest BCUT2D eigenvalue weighted by Gasteiger charge is -2.18. The third-order valence-electron chi connectivity index (χ3n) is 2.29. The summed E-state index contributed by atoms with van der Waals surface area (Å²) in [6.07, 6.45) is 1.70. The van der Waals surface area contributed by atoms with Crippen molar-refractivity contribution in [3.63, 3.8) is 0 Å². The zero-order valence-corrected chi connectivity index (χ0v) is 7.73. The Morgan fingerprint density at radius 1 is 1.64 bits per heavy atom. The second-order valence-electron chi connectivity index (χ2n) is 3.34. The number of aliphatic hydroxyl groups is 1. The molecule has 1 heterocycles. The summed E-state index contributed by atoms with van der Waals surface area (Å²) in [7, 11) is 0. The SMILES string of the molecule is O=C([O-])[C@H](CO)NC(=O)[C@@H]1CCC[NH2+]1. The number of hydrogen-bond acceptors (Lipinski definition) is 4. The van der Waals surface area contributed by atoms with Crippen LogP contribution >= 0.6 is 0 Å². The molecule has 0 aromatic rings. The maximum Gasteiger partial charge on any atom is 0.278 e. The van der Waals surface area contributed by atoms with Crippen LogP contribution in [0.5, 0.6) is 0 Å². The Kier molecular flexibility index (Phi) is 3.84. The van der Waals surface area contributed by atoms with Gasteiger partial charge in [0.05, 0.1) is 25.2 Å². The number of carbonyl (C=O) groups excluding carboxylic acids is 2. The van der Waals surface area contributed by atoms with Gasteiger partial charge in [-0.1, -0.05) is 0 Å². The Labute approximate surface area is 81.3 Å². The van der Waals surface area contributed by atoms with Crippen molar-refractivity contribution in [2.24, 2.45) is 0 Å². The third-order valence-corrected chi connectivity index (χ3v) is 2.29. The summed E-state index contributed by atoms with van der Waals surface area (Å²) in [5.74, 6) is -1.80. The van der Waals surface area contributed by atoms with Gasteiger partial charge in [0.2, 0.25) is 0 Å². The lowest BCUT2D eigenvalue weighted by atomic mass is 10.2. The molecule has 0 aromatic heterocycles. The highest BCUT2D eigenvalue weighted by Gasteiger charge is 2.27. The maximum absolute atomic E-state index is 11.4. The normalized spacial score (nSPS) is 23.1. The van der Waals surface area contributed by atoms with E-state index in [4.69, 9.17) is 5.11 Å². The van der Waals surface area contributed by atoms with Crippen molar-refractivity contribution in [1.82, 2.24) is 5.32 Å². The van der Waals surface area contributed by atoms with Crippen LogP contribution in [0.1, 0.15) is 12.8 Å². The average molecular weight is 202 g/mol. The lowest BCUT2D eigenvalue weighted by Crippen LogP contribution is -2.89. The number of aliphatic carboxylic acids is 1. The second-order valence-corrected chi connectivity index (χ2v) is 3.34. The lowest BCUT2D eigenvalue weighted by molar-refractivity contribution is -0.657. The quantitative estimate of drug-likeness (QED) is 0.431. The number of carboxylic acid groups (broad SMARTS) is 1. The van der Waals surface area contributed by atoms with Crippen molar-refractivity contribution < 1.29 is 25.1 Å². The number of carboxylic acids is 1. The molecule has 0 aromatic carbocycles. The van der Waals surface area contributed by atoms with Crippen LogP contribution < -0.4 is 15.7 Å². The number of carbonyl (C=O) groups is 2. The van der Waals surface area contributed by atoms with Gasteiger partial charge < -0.3 is 25.6 Å². The summed E-state index contributed by atoms with van der Waals surface area (Å²) in [6.45, 7) is 0.244. The van der Waals surface area contributed by atoms with Crippen LogP contribution in [-0.2, 0) is 9.59 Å². The topological polar surface area (TPSA) is 106 Å². The van der Waals surface area contributed by atoms with Crippen LogP contribution in [-0.4, -0.2) is 42.2 Å². The first-order chi connectivity index (χ1) is 6.65. The summed E-state index contributed by atoms with van der Waals surface area (Å²) in [6, 6.07) is -1.51. The molecule has 6 heteroatoms. The fourth-order valence-electron chi connectivity index (χ4n) is 1.47. The van der Waals surface area contributed by atoms with Gasteiger partial charge in [0.15, 0.2) is 6.04 Å². The second kappa shape index (κ2) is 4.92. The molecule has 6 nitrogen and oxygen atoms in total. The fourth-order valence-corrected chi connectivity index (χ4v) is 1.47. The minimum Gasteiger partial charge on any atom is -0.548 e. The molecule has 1 amide bonds. The Balaban J connectivity index is 2.41. The summed E-state index contributed by atoms with van der Waals surface area (Å²) < 4.78 is 0. The van der Waals surface area contributed by atoms with E-state index in [0.717, 1.165) is 19.4 Å². The van der Waals surface area contributed by atoms with E-state index in [1.165, 1.54) is 0 Å². The Bertz CT molecular complexity index is 225. The van der Waals surface area contributed by atoms with E-state index in [9.17, 15) is 14.7 Å². The van der Waals surface area contributed by atoms with Gasteiger partial charge >= 0.3 is 0 Å². The van der Waals surface area contributed by atoms with E-state index in [0.29, 0.717) is 0 Å². The number of hydrogen-bond donors (Lipinski definition) is 3. The van der Waals surface area contributed by atoms with Crippen molar-refractivity contribution >= 4 is 11.9 Å². The van der Waals surface area contributed by atoms with Crippen LogP contribution in [0.3, 0.4) is 0 Å². The van der Waals surface area contributed by atoms with Crippen LogP contribution in [0.2, 0.25) is 0 Å². The summed E-state index contributed by atoms with van der Waals surface area (Å²) in [4.78, 5) is 21.8. The number of amides is 1. The van der Waals surface area contributed by atoms with Gasteiger partial charge in [0, 0.05) is 12.8 Å². The smallest absolute Gasteiger partial charge is 0.278 e. The third kappa shape index (κ3) is 2.68. The molecule has 2 atom stereocenters. The monoisotopic (exact) mass is 202 g/mol. The van der Waals surface area contributed by atoms with Crippen molar-refractivity contribution in [2.75, 3.05) is 13.2 Å². The average Bonchev–Trinajstić information content (AvgIpc) is 2.65. The van der Waals surface area contributed by atoms with Crippen LogP contribution in [0.15, 0.2) is 0 Å². The number of aliphatic hydroxyl groups excluding tert-OH is 1. The van der Waals surface area contributed by atoms with E-state index in [-0.39, 0.29) is 11.9 Å². The molecule has 4 N–H and O–H groups in total. The molecule has 0 unspecified atom stereocenters. The van der Waals surface area contributed by atoms with Gasteiger partial charge in [0.1, 0.15) is 0 Å². The molecule has 1 saturated heterocycles. The molecule has 0 radical (unpaired) electrons. The first-order valence-electron chi connectivity index (χ1n) is 4.60. The molecular weight excluding hydrogens is 188 g/mol. The van der Waals surface area contributed by atoms with Gasteiger partial charge in [-0.2, -0.15) is 0 Å². The minimum absolute atomic E-state index is 0.219. The molecular formula is C8H14N2O4. The van der Waals surface area contributed by atoms with E-state index in [1.807, 2.05) is 5.32 Å². The highest BCUT2D eigenvalue weighted by atomic mass is 16.4. The molecule has 0 bridgehead atoms. The van der Waals surface area contributed by atoms with Crippen LogP contribution in [0.25, 0.3) is 0 Å². The standard InChI is InChI=1S/C8H14N2O4/c11-4-6(8(13)14)10-7(12)5-2-1-3-9-5/h5-6,9,11H,1-4H2,(H,10,12)(H,13,14)/t5-,6-/m0/s1. The van der Waals surface area contributed by atoms with Gasteiger partial charge in [-0.3, -0.25) is 4.79 Å². The largest absolute Gasteiger partial charge is 0.548 e. The van der Waals surface area contributed by atoms with E-state index < -0.39 is 18.6 Å². The van der Waals surface area contributed by atoms with Crippen LogP contribution in [0.4, 0.5) is 0 Å². The minimum atomic E-state index is -1.46. The molecule has 1 aliphatic rings. The number of rotatable bonds is 4. The Hall–Kier alpha value is -1.14. The molecule has 1 rings (SSSR count). The first-order valence-corrected chi connectivity index (χ1v) is 4.60. The van der Waals surface area contributed by atoms with Crippen molar-refractivity contribution in [3.05, 3.63) is 0 Å². The number of nitrogens with two attached hydrogens (primary N) is 1. The van der Waals surface area contributed by atoms with Crippen molar-refractivity contribution in [2.45, 2.75) is 24.9 Å². The van der Waals surface area contributed by atoms with E-state index >= 15 is 0 Å². The van der Waals surface area contributed by atoms with Gasteiger partial charge in [-0.25, -0.2) is 0 Å². The van der Waals surface area contributed by atoms with Gasteiger partial charge in [-0.15, -0.1) is 0 Å². The zero-order valence-electron chi connectivity index (χ0n) is 7.73. The Morgan fingerprint density at radius 2 is 2.36 bits per heavy atom. The van der Waals surface area contributed by atoms with Crippen molar-refractivity contribution in [1.29, 1.82) is 0 Å². The van der Waals surface area contributed by atoms with E-state index in [2.05, 4.69) is 5.32 Å². The first kappa shape index (κ1) is 10.9. The predicted octanol–water partition coefficient (Wildman–Crippen LogP) is -4.06. The molecule has 14 heavy (non-hydrogen) atoms. The maximum atomic E-state index is 11.4. The molecule has 1 fully saturated rings. The van der Waals surface area contributed by atoms with Crippen LogP contribution in [0, 0.1) is 0 Å². The molecule has 1 aliphatic heterocycles. The van der Waals surface area contributed by atoms with E-state index in [1.54, 1.807) is 0 Å². The van der Waals surface area contributed by atoms with Gasteiger partial charge in [-0.05, 0) is 0 Å². The summed E-state index contributed by atoms with van der Waals surface area (Å²) in [5, 5.41) is 23.1. The number of quaternary nitrogens is 1. The highest BCUT2D eigenvalue weighted by molar-refractivity contribution is 5.85. The van der Waals surface area contributed by atoms with Gasteiger partial charge in [0.25, 0.3) is 5.91 Å². The fraction of sp³-hybridized carbons (Fsp3) is 0.750. The summed E-state index contributed by atoms with van der Waals surface area (Å²) >= 11 is 0. The Morgan fingerprint density at radius 3 is 2.79 bits per heavy atom. The molecule has 0 saturated carbocycles. The predicted molar refractivity (Wildman–Crippen MR) is 43.8 cm³/mol. The molecule has 0 spiro atoms. The van der Waals surface area contributed by atoms with Crippen molar-refractivity contribution in [3.8, 4) is 0 Å². The molecule has 0 aliphatic carbocycles. The highest BCUT2D eigenvalue weighted by Crippen LogP contribution is 1.97. The molecule has 80 valence electrons. The summed E-state index contributed by atoms with van der Waals surface area (Å²) in [5.41, 5.74) is 0.